The van der Waals surface area contributed by atoms with Gasteiger partial charge in [-0.2, -0.15) is 0 Å². The van der Waals surface area contributed by atoms with E-state index in [0.29, 0.717) is 30.6 Å². The molecular formula is C15H22ClN3O. The quantitative estimate of drug-likeness (QED) is 0.626. The molecule has 1 fully saturated rings. The lowest BCUT2D eigenvalue weighted by Gasteiger charge is -2.20. The topological polar surface area (TPSA) is 54.0 Å². The van der Waals surface area contributed by atoms with Gasteiger partial charge < -0.3 is 10.6 Å². The van der Waals surface area contributed by atoms with E-state index in [9.17, 15) is 4.79 Å². The summed E-state index contributed by atoms with van der Waals surface area (Å²) >= 11 is 5.80. The van der Waals surface area contributed by atoms with E-state index in [1.54, 1.807) is 12.3 Å². The maximum atomic E-state index is 11.8. The Hall–Kier alpha value is -1.29. The van der Waals surface area contributed by atoms with Crippen LogP contribution in [0.3, 0.4) is 0 Å². The number of rotatable bonds is 6. The van der Waals surface area contributed by atoms with Crippen LogP contribution in [0.1, 0.15) is 38.5 Å². The Morgan fingerprint density at radius 1 is 1.30 bits per heavy atom. The lowest BCUT2D eigenvalue weighted by Crippen LogP contribution is -2.30. The van der Waals surface area contributed by atoms with Gasteiger partial charge in [0.15, 0.2) is 0 Å². The molecule has 1 aromatic heterocycles. The van der Waals surface area contributed by atoms with Crippen LogP contribution in [-0.4, -0.2) is 24.0 Å². The van der Waals surface area contributed by atoms with E-state index in [1.165, 1.54) is 32.1 Å². The van der Waals surface area contributed by atoms with Crippen LogP contribution in [0.4, 0.5) is 5.69 Å². The minimum atomic E-state index is 0.173. The summed E-state index contributed by atoms with van der Waals surface area (Å²) in [6.07, 6.45) is 8.65. The minimum Gasteiger partial charge on any atom is -0.383 e. The number of carbonyl (C=O) groups excluding carboxylic acids is 1. The van der Waals surface area contributed by atoms with E-state index in [4.69, 9.17) is 11.6 Å². The Bertz CT molecular complexity index is 433. The number of hydrogen-bond donors (Lipinski definition) is 2. The Morgan fingerprint density at radius 2 is 2.10 bits per heavy atom. The first-order valence-corrected chi connectivity index (χ1v) is 7.74. The largest absolute Gasteiger partial charge is 0.383 e. The summed E-state index contributed by atoms with van der Waals surface area (Å²) in [4.78, 5) is 15.7. The number of halogens is 1. The van der Waals surface area contributed by atoms with Gasteiger partial charge in [-0.1, -0.05) is 30.9 Å². The van der Waals surface area contributed by atoms with Crippen molar-refractivity contribution in [2.24, 2.45) is 5.92 Å². The van der Waals surface area contributed by atoms with Crippen molar-refractivity contribution in [3.63, 3.8) is 0 Å². The lowest BCUT2D eigenvalue weighted by atomic mass is 9.87. The van der Waals surface area contributed by atoms with E-state index >= 15 is 0 Å². The Balaban J connectivity index is 1.59. The number of nitrogens with one attached hydrogen (secondary N) is 2. The summed E-state index contributed by atoms with van der Waals surface area (Å²) in [6.45, 7) is 1.32. The van der Waals surface area contributed by atoms with Crippen molar-refractivity contribution in [3.05, 3.63) is 23.5 Å². The number of nitrogens with zero attached hydrogens (tertiary/aromatic N) is 1. The number of aromatic nitrogens is 1. The number of pyridine rings is 1. The van der Waals surface area contributed by atoms with E-state index < -0.39 is 0 Å². The molecule has 0 unspecified atom stereocenters. The van der Waals surface area contributed by atoms with Gasteiger partial charge in [-0.25, -0.2) is 4.98 Å². The summed E-state index contributed by atoms with van der Waals surface area (Å²) in [5.74, 6) is 0.766. The first-order chi connectivity index (χ1) is 9.74. The highest BCUT2D eigenvalue weighted by molar-refractivity contribution is 6.29. The smallest absolute Gasteiger partial charge is 0.220 e. The van der Waals surface area contributed by atoms with Crippen molar-refractivity contribution in [1.29, 1.82) is 0 Å². The molecular weight excluding hydrogens is 274 g/mol. The number of anilines is 1. The fraction of sp³-hybridized carbons (Fsp3) is 0.600. The molecule has 0 spiro atoms. The van der Waals surface area contributed by atoms with E-state index in [1.807, 2.05) is 6.07 Å². The third kappa shape index (κ3) is 5.37. The van der Waals surface area contributed by atoms with Crippen LogP contribution < -0.4 is 10.6 Å². The normalized spacial score (nSPS) is 15.8. The van der Waals surface area contributed by atoms with Crippen LogP contribution in [0.5, 0.6) is 0 Å². The monoisotopic (exact) mass is 295 g/mol. The molecule has 1 saturated carbocycles. The van der Waals surface area contributed by atoms with E-state index in [2.05, 4.69) is 15.6 Å². The Morgan fingerprint density at radius 3 is 2.85 bits per heavy atom. The van der Waals surface area contributed by atoms with Gasteiger partial charge in [-0.15, -0.1) is 0 Å². The van der Waals surface area contributed by atoms with Crippen molar-refractivity contribution < 1.29 is 4.79 Å². The molecule has 0 aliphatic heterocycles. The molecule has 0 saturated heterocycles. The summed E-state index contributed by atoms with van der Waals surface area (Å²) in [5.41, 5.74) is 0.923. The molecule has 0 radical (unpaired) electrons. The maximum absolute atomic E-state index is 11.8. The van der Waals surface area contributed by atoms with Crippen molar-refractivity contribution in [3.8, 4) is 0 Å². The molecule has 4 nitrogen and oxygen atoms in total. The average molecular weight is 296 g/mol. The van der Waals surface area contributed by atoms with Gasteiger partial charge in [0.2, 0.25) is 5.91 Å². The zero-order chi connectivity index (χ0) is 14.2. The van der Waals surface area contributed by atoms with E-state index in [0.717, 1.165) is 5.69 Å². The first kappa shape index (κ1) is 15.1. The molecule has 1 aliphatic rings. The highest BCUT2D eigenvalue weighted by atomic mass is 35.5. The molecule has 110 valence electrons. The van der Waals surface area contributed by atoms with Gasteiger partial charge in [0.1, 0.15) is 5.15 Å². The molecule has 20 heavy (non-hydrogen) atoms. The summed E-state index contributed by atoms with van der Waals surface area (Å²) in [7, 11) is 0. The van der Waals surface area contributed by atoms with Gasteiger partial charge in [-0.05, 0) is 30.9 Å². The highest BCUT2D eigenvalue weighted by Crippen LogP contribution is 2.25. The van der Waals surface area contributed by atoms with Crippen LogP contribution >= 0.6 is 11.6 Å². The van der Waals surface area contributed by atoms with Crippen LogP contribution in [0.2, 0.25) is 5.15 Å². The van der Waals surface area contributed by atoms with Crippen molar-refractivity contribution in [2.45, 2.75) is 38.5 Å². The summed E-state index contributed by atoms with van der Waals surface area (Å²) in [6, 6.07) is 3.63. The zero-order valence-corrected chi connectivity index (χ0v) is 12.5. The zero-order valence-electron chi connectivity index (χ0n) is 11.7. The molecule has 1 aromatic rings. The molecule has 0 aromatic carbocycles. The third-order valence-corrected chi connectivity index (χ3v) is 3.91. The van der Waals surface area contributed by atoms with Gasteiger partial charge in [-0.3, -0.25) is 4.79 Å². The average Bonchev–Trinajstić information content (AvgIpc) is 2.45. The molecule has 0 atom stereocenters. The second-order valence-electron chi connectivity index (χ2n) is 5.35. The van der Waals surface area contributed by atoms with Crippen LogP contribution in [0.25, 0.3) is 0 Å². The number of hydrogen-bond acceptors (Lipinski definition) is 3. The molecule has 5 heteroatoms. The molecule has 1 aliphatic carbocycles. The van der Waals surface area contributed by atoms with Gasteiger partial charge in [0, 0.05) is 31.4 Å². The van der Waals surface area contributed by atoms with Crippen molar-refractivity contribution in [2.75, 3.05) is 18.4 Å². The second-order valence-corrected chi connectivity index (χ2v) is 5.74. The fourth-order valence-electron chi connectivity index (χ4n) is 2.65. The molecule has 2 N–H and O–H groups in total. The fourth-order valence-corrected chi connectivity index (χ4v) is 2.82. The second kappa shape index (κ2) is 8.10. The Labute approximate surface area is 125 Å². The van der Waals surface area contributed by atoms with E-state index in [-0.39, 0.29) is 5.91 Å². The molecule has 2 rings (SSSR count). The summed E-state index contributed by atoms with van der Waals surface area (Å²) in [5, 5.41) is 6.64. The Kier molecular flexibility index (Phi) is 6.12. The van der Waals surface area contributed by atoms with Gasteiger partial charge >= 0.3 is 0 Å². The molecule has 1 amide bonds. The lowest BCUT2D eigenvalue weighted by molar-refractivity contribution is -0.122. The minimum absolute atomic E-state index is 0.173. The van der Waals surface area contributed by atoms with Crippen LogP contribution in [-0.2, 0) is 4.79 Å². The van der Waals surface area contributed by atoms with Crippen LogP contribution in [0.15, 0.2) is 18.3 Å². The number of carbonyl (C=O) groups is 1. The summed E-state index contributed by atoms with van der Waals surface area (Å²) < 4.78 is 0. The SMILES string of the molecule is O=C(CC1CCCCC1)NCCNc1ccnc(Cl)c1. The number of amides is 1. The highest BCUT2D eigenvalue weighted by Gasteiger charge is 2.16. The van der Waals surface area contributed by atoms with Crippen molar-refractivity contribution >= 4 is 23.2 Å². The predicted molar refractivity (Wildman–Crippen MR) is 81.9 cm³/mol. The predicted octanol–water partition coefficient (Wildman–Crippen LogP) is 3.23. The third-order valence-electron chi connectivity index (χ3n) is 3.70. The van der Waals surface area contributed by atoms with Crippen molar-refractivity contribution in [1.82, 2.24) is 10.3 Å². The molecule has 1 heterocycles. The van der Waals surface area contributed by atoms with Gasteiger partial charge in [0.25, 0.3) is 0 Å². The first-order valence-electron chi connectivity index (χ1n) is 7.36. The van der Waals surface area contributed by atoms with Gasteiger partial charge in [0.05, 0.1) is 0 Å². The standard InChI is InChI=1S/C15H22ClN3O/c16-14-11-13(6-7-18-14)17-8-9-19-15(20)10-12-4-2-1-3-5-12/h6-7,11-12H,1-5,8-10H2,(H,17,18)(H,19,20). The van der Waals surface area contributed by atoms with Crippen LogP contribution in [0, 0.1) is 5.92 Å². The maximum Gasteiger partial charge on any atom is 0.220 e. The molecule has 0 bridgehead atoms.